The molecule has 1 rings (SSSR count). The molecule has 0 aromatic carbocycles. The van der Waals surface area contributed by atoms with Crippen LogP contribution in [0.3, 0.4) is 0 Å². The van der Waals surface area contributed by atoms with Crippen LogP contribution in [0, 0.1) is 0 Å². The molecule has 1 aliphatic heterocycles. The van der Waals surface area contributed by atoms with Crippen molar-refractivity contribution in [2.75, 3.05) is 18.2 Å². The molecule has 1 atom stereocenters. The van der Waals surface area contributed by atoms with E-state index < -0.39 is 11.9 Å². The van der Waals surface area contributed by atoms with Crippen LogP contribution in [0.2, 0.25) is 0 Å². The molecule has 1 heterocycles. The number of nitrogens with zero attached hydrogens (tertiary/aromatic N) is 1. The lowest BCUT2D eigenvalue weighted by molar-refractivity contribution is -0.131. The maximum Gasteiger partial charge on any atom is 0.240 e. The first-order chi connectivity index (χ1) is 6.61. The largest absolute Gasteiger partial charge is 0.370 e. The molecule has 0 spiro atoms. The van der Waals surface area contributed by atoms with E-state index in [0.29, 0.717) is 12.3 Å². The summed E-state index contributed by atoms with van der Waals surface area (Å²) in [4.78, 5) is 23.8. The topological polar surface area (TPSA) is 89.4 Å². The zero-order valence-corrected chi connectivity index (χ0v) is 9.98. The molecule has 1 unspecified atom stereocenters. The van der Waals surface area contributed by atoms with Gasteiger partial charge in [0.1, 0.15) is 0 Å². The number of thioether (sulfide) groups is 1. The highest BCUT2D eigenvalue weighted by molar-refractivity contribution is 7.99. The van der Waals surface area contributed by atoms with Crippen molar-refractivity contribution in [1.82, 2.24) is 4.90 Å². The van der Waals surface area contributed by atoms with Gasteiger partial charge in [0.25, 0.3) is 0 Å². The van der Waals surface area contributed by atoms with Crippen molar-refractivity contribution in [3.05, 3.63) is 0 Å². The van der Waals surface area contributed by atoms with Gasteiger partial charge in [-0.3, -0.25) is 9.59 Å². The molecule has 0 aromatic rings. The Labute approximate surface area is 99.3 Å². The van der Waals surface area contributed by atoms with E-state index >= 15 is 0 Å². The molecule has 15 heavy (non-hydrogen) atoms. The number of amides is 2. The van der Waals surface area contributed by atoms with Crippen molar-refractivity contribution in [2.45, 2.75) is 18.9 Å². The summed E-state index contributed by atoms with van der Waals surface area (Å²) < 4.78 is 0. The molecular formula is C8H16ClN3O2S. The van der Waals surface area contributed by atoms with Gasteiger partial charge in [-0.2, -0.15) is 0 Å². The van der Waals surface area contributed by atoms with Crippen LogP contribution in [0.25, 0.3) is 0 Å². The molecule has 2 amide bonds. The van der Waals surface area contributed by atoms with E-state index in [9.17, 15) is 9.59 Å². The van der Waals surface area contributed by atoms with Gasteiger partial charge in [-0.25, -0.2) is 0 Å². The van der Waals surface area contributed by atoms with Gasteiger partial charge in [0.05, 0.1) is 11.9 Å². The average molecular weight is 254 g/mol. The third-order valence-electron chi connectivity index (χ3n) is 2.08. The Bertz CT molecular complexity index is 234. The normalized spacial score (nSPS) is 17.0. The number of halogens is 1. The monoisotopic (exact) mass is 253 g/mol. The van der Waals surface area contributed by atoms with Crippen LogP contribution in [0.1, 0.15) is 12.8 Å². The molecule has 1 fully saturated rings. The highest BCUT2D eigenvalue weighted by atomic mass is 35.5. The average Bonchev–Trinajstić information content (AvgIpc) is 2.65. The summed E-state index contributed by atoms with van der Waals surface area (Å²) in [6.07, 6.45) is 0.517. The fraction of sp³-hybridized carbons (Fsp3) is 0.750. The van der Waals surface area contributed by atoms with Gasteiger partial charge < -0.3 is 16.4 Å². The van der Waals surface area contributed by atoms with Crippen molar-refractivity contribution in [1.29, 1.82) is 0 Å². The molecule has 5 nitrogen and oxygen atoms in total. The molecule has 0 bridgehead atoms. The summed E-state index contributed by atoms with van der Waals surface area (Å²) in [5.41, 5.74) is 10.6. The number of nitrogens with two attached hydrogens (primary N) is 2. The van der Waals surface area contributed by atoms with Crippen LogP contribution in [-0.4, -0.2) is 40.9 Å². The first-order valence-corrected chi connectivity index (χ1v) is 5.67. The van der Waals surface area contributed by atoms with Crippen molar-refractivity contribution >= 4 is 36.0 Å². The van der Waals surface area contributed by atoms with Gasteiger partial charge >= 0.3 is 0 Å². The van der Waals surface area contributed by atoms with Gasteiger partial charge in [0.2, 0.25) is 11.8 Å². The third-order valence-corrected chi connectivity index (χ3v) is 3.05. The van der Waals surface area contributed by atoms with Gasteiger partial charge in [-0.05, 0) is 6.42 Å². The minimum absolute atomic E-state index is 0. The smallest absolute Gasteiger partial charge is 0.240 e. The zero-order chi connectivity index (χ0) is 10.6. The standard InChI is InChI=1S/C8H15N3O2S.ClH/c9-6(1-2-7(10)12)8(13)11-3-4-14-5-11;/h6H,1-5,9H2,(H2,10,12);1H. The molecule has 0 saturated carbocycles. The van der Waals surface area contributed by atoms with Gasteiger partial charge in [-0.15, -0.1) is 24.2 Å². The Balaban J connectivity index is 0.00000196. The highest BCUT2D eigenvalue weighted by Crippen LogP contribution is 2.14. The van der Waals surface area contributed by atoms with Gasteiger partial charge in [-0.1, -0.05) is 0 Å². The first kappa shape index (κ1) is 14.5. The van der Waals surface area contributed by atoms with Crippen LogP contribution >= 0.6 is 24.2 Å². The Hall–Kier alpha value is -0.460. The Morgan fingerprint density at radius 2 is 2.13 bits per heavy atom. The lowest BCUT2D eigenvalue weighted by atomic mass is 10.1. The summed E-state index contributed by atoms with van der Waals surface area (Å²) in [6, 6.07) is -0.582. The summed E-state index contributed by atoms with van der Waals surface area (Å²) in [5.74, 6) is 1.19. The fourth-order valence-electron chi connectivity index (χ4n) is 1.24. The Kier molecular flexibility index (Phi) is 6.71. The first-order valence-electron chi connectivity index (χ1n) is 4.51. The van der Waals surface area contributed by atoms with Crippen LogP contribution in [0.4, 0.5) is 0 Å². The molecule has 88 valence electrons. The second-order valence-electron chi connectivity index (χ2n) is 3.25. The molecule has 4 N–H and O–H groups in total. The third kappa shape index (κ3) is 4.72. The van der Waals surface area contributed by atoms with E-state index in [0.717, 1.165) is 12.3 Å². The lowest BCUT2D eigenvalue weighted by Crippen LogP contribution is -2.42. The number of hydrogen-bond acceptors (Lipinski definition) is 4. The Morgan fingerprint density at radius 3 is 2.60 bits per heavy atom. The van der Waals surface area contributed by atoms with Crippen LogP contribution < -0.4 is 11.5 Å². The van der Waals surface area contributed by atoms with Gasteiger partial charge in [0, 0.05) is 18.7 Å². The van der Waals surface area contributed by atoms with Gasteiger partial charge in [0.15, 0.2) is 0 Å². The minimum Gasteiger partial charge on any atom is -0.370 e. The number of rotatable bonds is 4. The number of carbonyl (C=O) groups is 2. The molecule has 7 heteroatoms. The van der Waals surface area contributed by atoms with E-state index in [1.807, 2.05) is 0 Å². The highest BCUT2D eigenvalue weighted by Gasteiger charge is 2.23. The maximum atomic E-state index is 11.6. The van der Waals surface area contributed by atoms with Crippen LogP contribution in [-0.2, 0) is 9.59 Å². The summed E-state index contributed by atoms with van der Waals surface area (Å²) >= 11 is 1.71. The number of carbonyl (C=O) groups excluding carboxylic acids is 2. The summed E-state index contributed by atoms with van der Waals surface area (Å²) in [6.45, 7) is 0.758. The van der Waals surface area contributed by atoms with Crippen molar-refractivity contribution in [3.63, 3.8) is 0 Å². The van der Waals surface area contributed by atoms with Crippen molar-refractivity contribution in [2.24, 2.45) is 11.5 Å². The fourth-order valence-corrected chi connectivity index (χ4v) is 2.20. The van der Waals surface area contributed by atoms with Crippen LogP contribution in [0.15, 0.2) is 0 Å². The second kappa shape index (κ2) is 6.92. The number of primary amides is 1. The predicted octanol–water partition coefficient (Wildman–Crippen LogP) is -0.466. The van der Waals surface area contributed by atoms with Crippen LogP contribution in [0.5, 0.6) is 0 Å². The summed E-state index contributed by atoms with van der Waals surface area (Å²) in [5, 5.41) is 0. The second-order valence-corrected chi connectivity index (χ2v) is 4.33. The van der Waals surface area contributed by atoms with Crippen molar-refractivity contribution in [3.8, 4) is 0 Å². The van der Waals surface area contributed by atoms with E-state index in [-0.39, 0.29) is 24.7 Å². The van der Waals surface area contributed by atoms with E-state index in [4.69, 9.17) is 11.5 Å². The molecule has 0 radical (unpaired) electrons. The molecular weight excluding hydrogens is 238 g/mol. The molecule has 1 aliphatic rings. The maximum absolute atomic E-state index is 11.6. The lowest BCUT2D eigenvalue weighted by Gasteiger charge is -2.18. The SMILES string of the molecule is Cl.NC(=O)CCC(N)C(=O)N1CCSC1. The Morgan fingerprint density at radius 1 is 1.47 bits per heavy atom. The van der Waals surface area contributed by atoms with Crippen molar-refractivity contribution < 1.29 is 9.59 Å². The number of hydrogen-bond donors (Lipinski definition) is 2. The molecule has 0 aromatic heterocycles. The zero-order valence-electron chi connectivity index (χ0n) is 8.35. The molecule has 1 saturated heterocycles. The van der Waals surface area contributed by atoms with E-state index in [1.165, 1.54) is 0 Å². The predicted molar refractivity (Wildman–Crippen MR) is 62.7 cm³/mol. The molecule has 0 aliphatic carbocycles. The van der Waals surface area contributed by atoms with E-state index in [2.05, 4.69) is 0 Å². The summed E-state index contributed by atoms with van der Waals surface area (Å²) in [7, 11) is 0. The minimum atomic E-state index is -0.582. The van der Waals surface area contributed by atoms with E-state index in [1.54, 1.807) is 16.7 Å². The quantitative estimate of drug-likeness (QED) is 0.709.